The molecule has 1 aromatic heterocycles. The molecule has 126 valence electrons. The average Bonchev–Trinajstić information content (AvgIpc) is 2.54. The molecule has 0 N–H and O–H groups in total. The normalized spacial score (nSPS) is 19.1. The van der Waals surface area contributed by atoms with E-state index in [9.17, 15) is 9.18 Å². The number of fused-ring (bicyclic) bond motifs is 4. The van der Waals surface area contributed by atoms with Crippen LogP contribution in [0, 0.1) is 18.7 Å². The van der Waals surface area contributed by atoms with Crippen LogP contribution in [0.25, 0.3) is 0 Å². The van der Waals surface area contributed by atoms with Gasteiger partial charge in [0.15, 0.2) is 0 Å². The molecule has 2 aliphatic rings. The van der Waals surface area contributed by atoms with Crippen LogP contribution in [0.15, 0.2) is 29.1 Å². The fraction of sp³-hybridized carbons (Fsp3) is 0.444. The molecular formula is C18H20FN3O2. The number of halogens is 1. The quantitative estimate of drug-likeness (QED) is 0.868. The van der Waals surface area contributed by atoms with Gasteiger partial charge in [0.1, 0.15) is 18.2 Å². The SMILES string of the molecule is Cc1cc(F)cc(COc2cc3n(c(=O)n2)C[C@H]2CCCN3C2)c1. The predicted molar refractivity (Wildman–Crippen MR) is 88.9 cm³/mol. The van der Waals surface area contributed by atoms with Gasteiger partial charge in [-0.25, -0.2) is 9.18 Å². The summed E-state index contributed by atoms with van der Waals surface area (Å²) >= 11 is 0. The Hall–Kier alpha value is -2.37. The van der Waals surface area contributed by atoms with Crippen LogP contribution in [0.3, 0.4) is 0 Å². The van der Waals surface area contributed by atoms with Crippen LogP contribution >= 0.6 is 0 Å². The number of rotatable bonds is 3. The van der Waals surface area contributed by atoms with Crippen molar-refractivity contribution in [3.05, 3.63) is 51.7 Å². The molecule has 0 saturated carbocycles. The van der Waals surface area contributed by atoms with Crippen molar-refractivity contribution >= 4 is 5.82 Å². The van der Waals surface area contributed by atoms with Crippen LogP contribution < -0.4 is 15.3 Å². The summed E-state index contributed by atoms with van der Waals surface area (Å²) in [6.07, 6.45) is 2.32. The van der Waals surface area contributed by atoms with Crippen molar-refractivity contribution in [2.75, 3.05) is 18.0 Å². The van der Waals surface area contributed by atoms with Gasteiger partial charge >= 0.3 is 5.69 Å². The fourth-order valence-electron chi connectivity index (χ4n) is 3.71. The highest BCUT2D eigenvalue weighted by Crippen LogP contribution is 2.30. The number of aryl methyl sites for hydroxylation is 1. The highest BCUT2D eigenvalue weighted by atomic mass is 19.1. The zero-order valence-corrected chi connectivity index (χ0v) is 13.7. The molecule has 1 atom stereocenters. The molecule has 2 aliphatic heterocycles. The second-order valence-electron chi connectivity index (χ2n) is 6.73. The molecule has 0 unspecified atom stereocenters. The molecule has 0 aliphatic carbocycles. The number of anilines is 1. The summed E-state index contributed by atoms with van der Waals surface area (Å²) in [6.45, 7) is 4.72. The van der Waals surface area contributed by atoms with E-state index in [1.54, 1.807) is 4.57 Å². The highest BCUT2D eigenvalue weighted by molar-refractivity contribution is 5.44. The van der Waals surface area contributed by atoms with E-state index in [0.717, 1.165) is 43.0 Å². The lowest BCUT2D eigenvalue weighted by Crippen LogP contribution is -2.46. The summed E-state index contributed by atoms with van der Waals surface area (Å²) in [5.74, 6) is 1.44. The Morgan fingerprint density at radius 3 is 3.00 bits per heavy atom. The molecule has 1 aromatic carbocycles. The van der Waals surface area contributed by atoms with E-state index in [1.807, 2.05) is 19.1 Å². The maximum atomic E-state index is 13.5. The second kappa shape index (κ2) is 5.92. The lowest BCUT2D eigenvalue weighted by molar-refractivity contribution is 0.283. The van der Waals surface area contributed by atoms with Crippen LogP contribution in [0.2, 0.25) is 0 Å². The van der Waals surface area contributed by atoms with Crippen LogP contribution in [-0.2, 0) is 13.2 Å². The first-order chi connectivity index (χ1) is 11.6. The maximum absolute atomic E-state index is 13.5. The van der Waals surface area contributed by atoms with Gasteiger partial charge in [-0.3, -0.25) is 4.57 Å². The standard InChI is InChI=1S/C18H20FN3O2/c1-12-5-14(7-15(19)6-12)11-24-16-8-17-21-4-2-3-13(9-21)10-22(17)18(23)20-16/h5-8,13H,2-4,9-11H2,1H3/t13-/m0/s1. The third-order valence-electron chi connectivity index (χ3n) is 4.74. The smallest absolute Gasteiger partial charge is 0.352 e. The Balaban J connectivity index is 1.58. The predicted octanol–water partition coefficient (Wildman–Crippen LogP) is 2.50. The van der Waals surface area contributed by atoms with Gasteiger partial charge in [-0.05, 0) is 48.9 Å². The van der Waals surface area contributed by atoms with E-state index in [4.69, 9.17) is 4.74 Å². The van der Waals surface area contributed by atoms with E-state index in [-0.39, 0.29) is 18.1 Å². The van der Waals surface area contributed by atoms with Crippen LogP contribution in [0.5, 0.6) is 5.88 Å². The third-order valence-corrected chi connectivity index (χ3v) is 4.74. The van der Waals surface area contributed by atoms with E-state index >= 15 is 0 Å². The van der Waals surface area contributed by atoms with Gasteiger partial charge in [0, 0.05) is 25.7 Å². The van der Waals surface area contributed by atoms with Gasteiger partial charge in [-0.2, -0.15) is 4.98 Å². The molecule has 2 aromatic rings. The van der Waals surface area contributed by atoms with E-state index in [0.29, 0.717) is 11.8 Å². The number of aromatic nitrogens is 2. The van der Waals surface area contributed by atoms with Gasteiger partial charge in [0.25, 0.3) is 0 Å². The number of hydrogen-bond donors (Lipinski definition) is 0. The van der Waals surface area contributed by atoms with Crippen LogP contribution in [-0.4, -0.2) is 22.6 Å². The Morgan fingerprint density at radius 1 is 1.29 bits per heavy atom. The number of nitrogens with zero attached hydrogens (tertiary/aromatic N) is 3. The molecule has 5 nitrogen and oxygen atoms in total. The van der Waals surface area contributed by atoms with Crippen molar-refractivity contribution in [2.24, 2.45) is 5.92 Å². The Labute approximate surface area is 139 Å². The molecule has 2 bridgehead atoms. The summed E-state index contributed by atoms with van der Waals surface area (Å²) in [6, 6.07) is 6.60. The van der Waals surface area contributed by atoms with Crippen molar-refractivity contribution in [3.63, 3.8) is 0 Å². The molecule has 0 spiro atoms. The molecule has 3 heterocycles. The Kier molecular flexibility index (Phi) is 3.75. The topological polar surface area (TPSA) is 47.4 Å². The summed E-state index contributed by atoms with van der Waals surface area (Å²) in [7, 11) is 0. The summed E-state index contributed by atoms with van der Waals surface area (Å²) < 4.78 is 20.9. The van der Waals surface area contributed by atoms with Gasteiger partial charge in [0.2, 0.25) is 5.88 Å². The lowest BCUT2D eigenvalue weighted by atomic mass is 9.96. The van der Waals surface area contributed by atoms with Crippen molar-refractivity contribution in [2.45, 2.75) is 32.9 Å². The molecule has 4 rings (SSSR count). The summed E-state index contributed by atoms with van der Waals surface area (Å²) in [4.78, 5) is 18.6. The van der Waals surface area contributed by atoms with Gasteiger partial charge < -0.3 is 9.64 Å². The van der Waals surface area contributed by atoms with Crippen molar-refractivity contribution < 1.29 is 9.13 Å². The molecule has 0 radical (unpaired) electrons. The van der Waals surface area contributed by atoms with Crippen LogP contribution in [0.4, 0.5) is 10.2 Å². The minimum Gasteiger partial charge on any atom is -0.473 e. The molecular weight excluding hydrogens is 309 g/mol. The zero-order chi connectivity index (χ0) is 16.7. The number of ether oxygens (including phenoxy) is 1. The molecule has 1 fully saturated rings. The van der Waals surface area contributed by atoms with E-state index in [2.05, 4.69) is 9.88 Å². The first-order valence-corrected chi connectivity index (χ1v) is 8.34. The van der Waals surface area contributed by atoms with Crippen molar-refractivity contribution in [1.29, 1.82) is 0 Å². The van der Waals surface area contributed by atoms with Gasteiger partial charge in [0.05, 0.1) is 0 Å². The number of piperidine rings is 1. The third kappa shape index (κ3) is 2.88. The number of hydrogen-bond acceptors (Lipinski definition) is 4. The summed E-state index contributed by atoms with van der Waals surface area (Å²) in [5.41, 5.74) is 1.30. The summed E-state index contributed by atoms with van der Waals surface area (Å²) in [5, 5.41) is 0. The monoisotopic (exact) mass is 329 g/mol. The lowest BCUT2D eigenvalue weighted by Gasteiger charge is -2.40. The van der Waals surface area contributed by atoms with Gasteiger partial charge in [-0.1, -0.05) is 6.07 Å². The second-order valence-corrected chi connectivity index (χ2v) is 6.73. The fourth-order valence-corrected chi connectivity index (χ4v) is 3.71. The largest absolute Gasteiger partial charge is 0.473 e. The van der Waals surface area contributed by atoms with Gasteiger partial charge in [-0.15, -0.1) is 0 Å². The Morgan fingerprint density at radius 2 is 2.17 bits per heavy atom. The molecule has 24 heavy (non-hydrogen) atoms. The average molecular weight is 329 g/mol. The van der Waals surface area contributed by atoms with Crippen molar-refractivity contribution in [1.82, 2.24) is 9.55 Å². The molecule has 0 amide bonds. The first kappa shape index (κ1) is 15.2. The minimum absolute atomic E-state index is 0.192. The maximum Gasteiger partial charge on any atom is 0.352 e. The Bertz CT molecular complexity index is 813. The number of benzene rings is 1. The molecule has 1 saturated heterocycles. The van der Waals surface area contributed by atoms with E-state index in [1.165, 1.54) is 18.6 Å². The minimum atomic E-state index is -0.286. The molecule has 6 heteroatoms. The van der Waals surface area contributed by atoms with Crippen LogP contribution in [0.1, 0.15) is 24.0 Å². The zero-order valence-electron chi connectivity index (χ0n) is 13.7. The first-order valence-electron chi connectivity index (χ1n) is 8.34. The van der Waals surface area contributed by atoms with Crippen molar-refractivity contribution in [3.8, 4) is 5.88 Å². The highest BCUT2D eigenvalue weighted by Gasteiger charge is 2.29. The van der Waals surface area contributed by atoms with E-state index < -0.39 is 0 Å².